The number of carbonyl (C=O) groups is 1. The first-order chi connectivity index (χ1) is 9.06. The fourth-order valence-corrected chi connectivity index (χ4v) is 2.54. The summed E-state index contributed by atoms with van der Waals surface area (Å²) >= 11 is 5.57. The molecule has 19 heavy (non-hydrogen) atoms. The van der Waals surface area contributed by atoms with Gasteiger partial charge < -0.3 is 10.4 Å². The summed E-state index contributed by atoms with van der Waals surface area (Å²) in [6, 6.07) is 4.00. The van der Waals surface area contributed by atoms with Gasteiger partial charge in [0.1, 0.15) is 5.82 Å². The fraction of sp³-hybridized carbons (Fsp3) is 0.500. The smallest absolute Gasteiger partial charge is 0.251 e. The molecule has 1 amide bonds. The third-order valence-electron chi connectivity index (χ3n) is 3.49. The number of halogens is 2. The first kappa shape index (κ1) is 14.3. The Morgan fingerprint density at radius 2 is 2.26 bits per heavy atom. The minimum Gasteiger partial charge on any atom is -0.393 e. The SMILES string of the molecule is O=C(NCC1CCCC(O)C1)c1ccc(Cl)c(F)c1. The monoisotopic (exact) mass is 285 g/mol. The lowest BCUT2D eigenvalue weighted by Gasteiger charge is -2.25. The Morgan fingerprint density at radius 1 is 1.47 bits per heavy atom. The summed E-state index contributed by atoms with van der Waals surface area (Å²) in [5, 5.41) is 12.3. The van der Waals surface area contributed by atoms with E-state index in [4.69, 9.17) is 11.6 Å². The van der Waals surface area contributed by atoms with Crippen molar-refractivity contribution >= 4 is 17.5 Å². The van der Waals surface area contributed by atoms with Gasteiger partial charge in [0.05, 0.1) is 11.1 Å². The Hall–Kier alpha value is -1.13. The van der Waals surface area contributed by atoms with E-state index in [2.05, 4.69) is 5.32 Å². The second kappa shape index (κ2) is 6.35. The summed E-state index contributed by atoms with van der Waals surface area (Å²) in [5.41, 5.74) is 0.262. The molecule has 2 atom stereocenters. The number of carbonyl (C=O) groups excluding carboxylic acids is 1. The lowest BCUT2D eigenvalue weighted by atomic mass is 9.87. The van der Waals surface area contributed by atoms with E-state index >= 15 is 0 Å². The Kier molecular flexibility index (Phi) is 4.77. The highest BCUT2D eigenvalue weighted by Crippen LogP contribution is 2.23. The van der Waals surface area contributed by atoms with Gasteiger partial charge in [-0.05, 0) is 43.4 Å². The molecular formula is C14H17ClFNO2. The van der Waals surface area contributed by atoms with Crippen LogP contribution in [0.25, 0.3) is 0 Å². The van der Waals surface area contributed by atoms with Gasteiger partial charge in [-0.15, -0.1) is 0 Å². The number of rotatable bonds is 3. The maximum atomic E-state index is 13.2. The largest absolute Gasteiger partial charge is 0.393 e. The van der Waals surface area contributed by atoms with E-state index in [0.29, 0.717) is 12.5 Å². The average Bonchev–Trinajstić information content (AvgIpc) is 2.39. The van der Waals surface area contributed by atoms with Crippen LogP contribution in [0.1, 0.15) is 36.0 Å². The molecule has 0 spiro atoms. The highest BCUT2D eigenvalue weighted by molar-refractivity contribution is 6.30. The molecule has 0 heterocycles. The zero-order valence-corrected chi connectivity index (χ0v) is 11.3. The van der Waals surface area contributed by atoms with Crippen molar-refractivity contribution in [1.82, 2.24) is 5.32 Å². The van der Waals surface area contributed by atoms with Crippen LogP contribution < -0.4 is 5.32 Å². The van der Waals surface area contributed by atoms with E-state index in [0.717, 1.165) is 31.7 Å². The van der Waals surface area contributed by atoms with Gasteiger partial charge in [-0.25, -0.2) is 4.39 Å². The molecule has 0 radical (unpaired) electrons. The number of hydrogen-bond acceptors (Lipinski definition) is 2. The molecule has 1 saturated carbocycles. The molecule has 1 aliphatic carbocycles. The van der Waals surface area contributed by atoms with Gasteiger partial charge in [-0.2, -0.15) is 0 Å². The van der Waals surface area contributed by atoms with Crippen molar-refractivity contribution in [2.75, 3.05) is 6.54 Å². The highest BCUT2D eigenvalue weighted by Gasteiger charge is 2.20. The van der Waals surface area contributed by atoms with E-state index < -0.39 is 5.82 Å². The van der Waals surface area contributed by atoms with Crippen LogP contribution in [-0.2, 0) is 0 Å². The number of hydrogen-bond donors (Lipinski definition) is 2. The van der Waals surface area contributed by atoms with Crippen LogP contribution in [0.4, 0.5) is 4.39 Å². The molecule has 2 unspecified atom stereocenters. The number of nitrogens with one attached hydrogen (secondary N) is 1. The van der Waals surface area contributed by atoms with Crippen LogP contribution in [0.15, 0.2) is 18.2 Å². The minimum atomic E-state index is -0.595. The third-order valence-corrected chi connectivity index (χ3v) is 3.79. The molecule has 2 rings (SSSR count). The Labute approximate surface area is 116 Å². The first-order valence-electron chi connectivity index (χ1n) is 6.47. The Bertz CT molecular complexity index is 467. The van der Waals surface area contributed by atoms with Crippen molar-refractivity contribution < 1.29 is 14.3 Å². The van der Waals surface area contributed by atoms with Gasteiger partial charge in [0.25, 0.3) is 5.91 Å². The van der Waals surface area contributed by atoms with Crippen molar-refractivity contribution in [2.24, 2.45) is 5.92 Å². The molecule has 0 bridgehead atoms. The standard InChI is InChI=1S/C14H17ClFNO2/c15-12-5-4-10(7-13(12)16)14(19)17-8-9-2-1-3-11(18)6-9/h4-5,7,9,11,18H,1-3,6,8H2,(H,17,19). The summed E-state index contributed by atoms with van der Waals surface area (Å²) in [7, 11) is 0. The number of aliphatic hydroxyl groups is 1. The molecule has 1 aromatic carbocycles. The van der Waals surface area contributed by atoms with Crippen molar-refractivity contribution in [3.8, 4) is 0 Å². The molecule has 5 heteroatoms. The molecule has 2 N–H and O–H groups in total. The first-order valence-corrected chi connectivity index (χ1v) is 6.85. The van der Waals surface area contributed by atoms with Gasteiger partial charge in [-0.1, -0.05) is 18.0 Å². The molecule has 104 valence electrons. The van der Waals surface area contributed by atoms with Crippen molar-refractivity contribution in [3.05, 3.63) is 34.6 Å². The number of benzene rings is 1. The third kappa shape index (κ3) is 3.91. The number of amides is 1. The molecule has 0 aromatic heterocycles. The van der Waals surface area contributed by atoms with Crippen LogP contribution in [0.3, 0.4) is 0 Å². The quantitative estimate of drug-likeness (QED) is 0.897. The maximum Gasteiger partial charge on any atom is 0.251 e. The predicted molar refractivity (Wildman–Crippen MR) is 71.7 cm³/mol. The minimum absolute atomic E-state index is 0.00644. The zero-order valence-electron chi connectivity index (χ0n) is 10.5. The zero-order chi connectivity index (χ0) is 13.8. The maximum absolute atomic E-state index is 13.2. The second-order valence-electron chi connectivity index (χ2n) is 5.03. The van der Waals surface area contributed by atoms with E-state index in [9.17, 15) is 14.3 Å². The summed E-state index contributed by atoms with van der Waals surface area (Å²) in [4.78, 5) is 11.8. The van der Waals surface area contributed by atoms with Gasteiger partial charge >= 0.3 is 0 Å². The van der Waals surface area contributed by atoms with E-state index in [1.807, 2.05) is 0 Å². The van der Waals surface area contributed by atoms with Crippen LogP contribution in [0, 0.1) is 11.7 Å². The van der Waals surface area contributed by atoms with Crippen molar-refractivity contribution in [3.63, 3.8) is 0 Å². The Balaban J connectivity index is 1.88. The normalized spacial score (nSPS) is 23.1. The lowest BCUT2D eigenvalue weighted by Crippen LogP contribution is -2.33. The molecular weight excluding hydrogens is 269 g/mol. The Morgan fingerprint density at radius 3 is 2.95 bits per heavy atom. The second-order valence-corrected chi connectivity index (χ2v) is 5.43. The van der Waals surface area contributed by atoms with E-state index in [1.54, 1.807) is 0 Å². The van der Waals surface area contributed by atoms with Crippen LogP contribution in [-0.4, -0.2) is 23.7 Å². The van der Waals surface area contributed by atoms with Crippen molar-refractivity contribution in [2.45, 2.75) is 31.8 Å². The van der Waals surface area contributed by atoms with Gasteiger partial charge in [-0.3, -0.25) is 4.79 Å². The van der Waals surface area contributed by atoms with Crippen LogP contribution in [0.2, 0.25) is 5.02 Å². The van der Waals surface area contributed by atoms with Gasteiger partial charge in [0.15, 0.2) is 0 Å². The van der Waals surface area contributed by atoms with Crippen molar-refractivity contribution in [1.29, 1.82) is 0 Å². The van der Waals surface area contributed by atoms with Crippen LogP contribution >= 0.6 is 11.6 Å². The molecule has 1 aliphatic rings. The molecule has 1 aromatic rings. The topological polar surface area (TPSA) is 49.3 Å². The summed E-state index contributed by atoms with van der Waals surface area (Å²) in [6.07, 6.45) is 3.29. The summed E-state index contributed by atoms with van der Waals surface area (Å²) < 4.78 is 13.2. The molecule has 3 nitrogen and oxygen atoms in total. The van der Waals surface area contributed by atoms with E-state index in [-0.39, 0.29) is 22.6 Å². The highest BCUT2D eigenvalue weighted by atomic mass is 35.5. The van der Waals surface area contributed by atoms with Gasteiger partial charge in [0, 0.05) is 12.1 Å². The number of aliphatic hydroxyl groups excluding tert-OH is 1. The van der Waals surface area contributed by atoms with Gasteiger partial charge in [0.2, 0.25) is 0 Å². The molecule has 0 aliphatic heterocycles. The summed E-state index contributed by atoms with van der Waals surface area (Å²) in [5.74, 6) is -0.608. The molecule has 0 saturated heterocycles. The average molecular weight is 286 g/mol. The molecule has 1 fully saturated rings. The van der Waals surface area contributed by atoms with E-state index in [1.165, 1.54) is 12.1 Å². The predicted octanol–water partition coefficient (Wildman–Crippen LogP) is 2.76. The summed E-state index contributed by atoms with van der Waals surface area (Å²) in [6.45, 7) is 0.514. The lowest BCUT2D eigenvalue weighted by molar-refractivity contribution is 0.0873. The van der Waals surface area contributed by atoms with Crippen LogP contribution in [0.5, 0.6) is 0 Å². The fourth-order valence-electron chi connectivity index (χ4n) is 2.42.